The van der Waals surface area contributed by atoms with Gasteiger partial charge in [-0.15, -0.1) is 10.2 Å². The first-order chi connectivity index (χ1) is 11.7. The molecule has 0 aliphatic carbocycles. The van der Waals surface area contributed by atoms with Crippen molar-refractivity contribution in [2.24, 2.45) is 0 Å². The standard InChI is InChI=1S/C14H20N6O4/c1-10-7-11(24-17-10)8-13(21)19-3-6-23-12(9-19)14-15-18-20(16-14)4-5-22-2/h7,12H,3-6,8-9H2,1-2H3. The Morgan fingerprint density at radius 2 is 2.38 bits per heavy atom. The first-order valence-corrected chi connectivity index (χ1v) is 7.74. The summed E-state index contributed by atoms with van der Waals surface area (Å²) in [6.45, 7) is 4.19. The minimum atomic E-state index is -0.379. The zero-order valence-corrected chi connectivity index (χ0v) is 13.7. The quantitative estimate of drug-likeness (QED) is 0.711. The van der Waals surface area contributed by atoms with Crippen LogP contribution in [0.1, 0.15) is 23.4 Å². The van der Waals surface area contributed by atoms with E-state index in [0.29, 0.717) is 44.4 Å². The van der Waals surface area contributed by atoms with E-state index in [0.717, 1.165) is 5.69 Å². The number of carbonyl (C=O) groups is 1. The van der Waals surface area contributed by atoms with E-state index in [1.807, 2.05) is 6.92 Å². The molecule has 1 aliphatic rings. The number of morpholine rings is 1. The van der Waals surface area contributed by atoms with Crippen molar-refractivity contribution in [1.82, 2.24) is 30.3 Å². The van der Waals surface area contributed by atoms with Crippen LogP contribution < -0.4 is 0 Å². The first-order valence-electron chi connectivity index (χ1n) is 7.74. The monoisotopic (exact) mass is 336 g/mol. The summed E-state index contributed by atoms with van der Waals surface area (Å²) in [5.41, 5.74) is 0.759. The maximum Gasteiger partial charge on any atom is 0.230 e. The van der Waals surface area contributed by atoms with Crippen LogP contribution in [0.2, 0.25) is 0 Å². The predicted octanol–water partition coefficient (Wildman–Crippen LogP) is -0.241. The Hall–Kier alpha value is -2.33. The van der Waals surface area contributed by atoms with Gasteiger partial charge in [0.2, 0.25) is 11.7 Å². The first kappa shape index (κ1) is 16.5. The number of aromatic nitrogens is 5. The highest BCUT2D eigenvalue weighted by Crippen LogP contribution is 2.19. The Kier molecular flexibility index (Phi) is 5.16. The van der Waals surface area contributed by atoms with E-state index < -0.39 is 0 Å². The van der Waals surface area contributed by atoms with Gasteiger partial charge in [0.05, 0.1) is 38.4 Å². The van der Waals surface area contributed by atoms with Gasteiger partial charge in [0, 0.05) is 19.7 Å². The van der Waals surface area contributed by atoms with Crippen molar-refractivity contribution < 1.29 is 18.8 Å². The highest BCUT2D eigenvalue weighted by atomic mass is 16.5. The fraction of sp³-hybridized carbons (Fsp3) is 0.643. The molecular formula is C14H20N6O4. The second-order valence-electron chi connectivity index (χ2n) is 5.55. The molecule has 3 rings (SSSR count). The number of methoxy groups -OCH3 is 1. The summed E-state index contributed by atoms with van der Waals surface area (Å²) in [6.07, 6.45) is -0.197. The Bertz CT molecular complexity index is 684. The average Bonchev–Trinajstić information content (AvgIpc) is 3.22. The fourth-order valence-electron chi connectivity index (χ4n) is 2.44. The molecule has 1 saturated heterocycles. The summed E-state index contributed by atoms with van der Waals surface area (Å²) in [4.78, 5) is 15.6. The molecule has 1 atom stereocenters. The molecule has 0 radical (unpaired) electrons. The predicted molar refractivity (Wildman–Crippen MR) is 79.9 cm³/mol. The van der Waals surface area contributed by atoms with Crippen molar-refractivity contribution in [1.29, 1.82) is 0 Å². The lowest BCUT2D eigenvalue weighted by Gasteiger charge is -2.31. The van der Waals surface area contributed by atoms with E-state index in [4.69, 9.17) is 14.0 Å². The highest BCUT2D eigenvalue weighted by Gasteiger charge is 2.29. The normalized spacial score (nSPS) is 18.1. The van der Waals surface area contributed by atoms with Crippen LogP contribution in [-0.2, 0) is 27.2 Å². The van der Waals surface area contributed by atoms with E-state index in [9.17, 15) is 4.79 Å². The molecule has 0 aromatic carbocycles. The van der Waals surface area contributed by atoms with Crippen LogP contribution >= 0.6 is 0 Å². The number of hydrogen-bond donors (Lipinski definition) is 0. The molecule has 0 bridgehead atoms. The summed E-state index contributed by atoms with van der Waals surface area (Å²) in [7, 11) is 1.61. The van der Waals surface area contributed by atoms with Crippen LogP contribution in [0.4, 0.5) is 0 Å². The number of amides is 1. The molecule has 1 amide bonds. The number of aryl methyl sites for hydroxylation is 1. The fourth-order valence-corrected chi connectivity index (χ4v) is 2.44. The van der Waals surface area contributed by atoms with Crippen LogP contribution in [0.5, 0.6) is 0 Å². The minimum absolute atomic E-state index is 0.0359. The number of tetrazole rings is 1. The van der Waals surface area contributed by atoms with Crippen molar-refractivity contribution in [2.45, 2.75) is 26.0 Å². The van der Waals surface area contributed by atoms with Gasteiger partial charge in [0.25, 0.3) is 0 Å². The van der Waals surface area contributed by atoms with Crippen LogP contribution in [-0.4, -0.2) is 69.6 Å². The van der Waals surface area contributed by atoms with Gasteiger partial charge in [0.15, 0.2) is 0 Å². The van der Waals surface area contributed by atoms with E-state index in [-0.39, 0.29) is 18.4 Å². The lowest BCUT2D eigenvalue weighted by Crippen LogP contribution is -2.43. The summed E-state index contributed by atoms with van der Waals surface area (Å²) in [5.74, 6) is 0.995. The molecule has 10 nitrogen and oxygen atoms in total. The number of carbonyl (C=O) groups excluding carboxylic acids is 1. The smallest absolute Gasteiger partial charge is 0.230 e. The molecule has 2 aromatic rings. The van der Waals surface area contributed by atoms with Crippen molar-refractivity contribution in [2.75, 3.05) is 33.4 Å². The molecule has 10 heteroatoms. The van der Waals surface area contributed by atoms with Gasteiger partial charge in [0.1, 0.15) is 11.9 Å². The van der Waals surface area contributed by atoms with Crippen molar-refractivity contribution in [3.63, 3.8) is 0 Å². The van der Waals surface area contributed by atoms with Crippen LogP contribution in [0.3, 0.4) is 0 Å². The number of ether oxygens (including phenoxy) is 2. The molecule has 130 valence electrons. The van der Waals surface area contributed by atoms with Crippen molar-refractivity contribution in [3.05, 3.63) is 23.3 Å². The number of hydrogen-bond acceptors (Lipinski definition) is 8. The van der Waals surface area contributed by atoms with Gasteiger partial charge < -0.3 is 18.9 Å². The third-order valence-corrected chi connectivity index (χ3v) is 3.67. The topological polar surface area (TPSA) is 108 Å². The van der Waals surface area contributed by atoms with Crippen LogP contribution in [0.15, 0.2) is 10.6 Å². The van der Waals surface area contributed by atoms with E-state index in [1.54, 1.807) is 18.1 Å². The minimum Gasteiger partial charge on any atom is -0.383 e. The molecule has 1 unspecified atom stereocenters. The Morgan fingerprint density at radius 3 is 3.12 bits per heavy atom. The second kappa shape index (κ2) is 7.49. The molecule has 0 saturated carbocycles. The van der Waals surface area contributed by atoms with Gasteiger partial charge in [-0.3, -0.25) is 4.79 Å². The number of nitrogens with zero attached hydrogens (tertiary/aromatic N) is 6. The average molecular weight is 336 g/mol. The zero-order chi connectivity index (χ0) is 16.9. The van der Waals surface area contributed by atoms with E-state index in [2.05, 4.69) is 20.6 Å². The Balaban J connectivity index is 1.59. The van der Waals surface area contributed by atoms with Crippen LogP contribution in [0.25, 0.3) is 0 Å². The lowest BCUT2D eigenvalue weighted by molar-refractivity contribution is -0.138. The van der Waals surface area contributed by atoms with Crippen molar-refractivity contribution in [3.8, 4) is 0 Å². The zero-order valence-electron chi connectivity index (χ0n) is 13.7. The number of rotatable bonds is 6. The molecular weight excluding hydrogens is 316 g/mol. The third-order valence-electron chi connectivity index (χ3n) is 3.67. The molecule has 2 aromatic heterocycles. The summed E-state index contributed by atoms with van der Waals surface area (Å²) >= 11 is 0. The van der Waals surface area contributed by atoms with Gasteiger partial charge in [-0.2, -0.15) is 4.80 Å². The SMILES string of the molecule is COCCn1nnc(C2CN(C(=O)Cc3cc(C)no3)CCO2)n1. The van der Waals surface area contributed by atoms with Crippen LogP contribution in [0, 0.1) is 6.92 Å². The molecule has 24 heavy (non-hydrogen) atoms. The third kappa shape index (κ3) is 3.95. The van der Waals surface area contributed by atoms with Crippen molar-refractivity contribution >= 4 is 5.91 Å². The van der Waals surface area contributed by atoms with E-state index in [1.165, 1.54) is 4.80 Å². The largest absolute Gasteiger partial charge is 0.383 e. The molecule has 0 spiro atoms. The molecule has 3 heterocycles. The molecule has 0 N–H and O–H groups in total. The molecule has 1 aliphatic heterocycles. The Labute approximate surface area is 138 Å². The highest BCUT2D eigenvalue weighted by molar-refractivity contribution is 5.78. The lowest BCUT2D eigenvalue weighted by atomic mass is 10.2. The van der Waals surface area contributed by atoms with Gasteiger partial charge >= 0.3 is 0 Å². The summed E-state index contributed by atoms with van der Waals surface area (Å²) in [5, 5.41) is 16.0. The maximum atomic E-state index is 12.4. The summed E-state index contributed by atoms with van der Waals surface area (Å²) in [6, 6.07) is 1.76. The second-order valence-corrected chi connectivity index (χ2v) is 5.55. The summed E-state index contributed by atoms with van der Waals surface area (Å²) < 4.78 is 15.8. The van der Waals surface area contributed by atoms with E-state index >= 15 is 0 Å². The molecule has 1 fully saturated rings. The van der Waals surface area contributed by atoms with Gasteiger partial charge in [-0.1, -0.05) is 5.16 Å². The van der Waals surface area contributed by atoms with Gasteiger partial charge in [-0.25, -0.2) is 0 Å². The Morgan fingerprint density at radius 1 is 1.50 bits per heavy atom. The van der Waals surface area contributed by atoms with Gasteiger partial charge in [-0.05, 0) is 12.1 Å². The maximum absolute atomic E-state index is 12.4.